The molecule has 104 valence electrons. The highest BCUT2D eigenvalue weighted by Crippen LogP contribution is 2.27. The molecule has 0 fully saturated rings. The van der Waals surface area contributed by atoms with Gasteiger partial charge in [0.15, 0.2) is 16.6 Å². The van der Waals surface area contributed by atoms with E-state index in [1.54, 1.807) is 44.0 Å². The van der Waals surface area contributed by atoms with Crippen molar-refractivity contribution in [2.24, 2.45) is 0 Å². The van der Waals surface area contributed by atoms with Gasteiger partial charge in [-0.2, -0.15) is 0 Å². The second-order valence-electron chi connectivity index (χ2n) is 3.77. The number of benzene rings is 1. The van der Waals surface area contributed by atoms with Gasteiger partial charge in [-0.15, -0.1) is 11.3 Å². The number of hydrogen-bond acceptors (Lipinski definition) is 5. The van der Waals surface area contributed by atoms with Gasteiger partial charge in [-0.1, -0.05) is 6.07 Å². The molecule has 0 bridgehead atoms. The molecule has 0 radical (unpaired) electrons. The number of aromatic nitrogens is 1. The topological polar surface area (TPSA) is 60.5 Å². The lowest BCUT2D eigenvalue weighted by Crippen LogP contribution is -2.07. The van der Waals surface area contributed by atoms with Crippen LogP contribution in [0.15, 0.2) is 35.9 Å². The molecule has 1 aromatic heterocycles. The van der Waals surface area contributed by atoms with Crippen LogP contribution in [0.25, 0.3) is 6.08 Å². The van der Waals surface area contributed by atoms with Crippen molar-refractivity contribution in [3.05, 3.63) is 41.4 Å². The van der Waals surface area contributed by atoms with Gasteiger partial charge < -0.3 is 9.47 Å². The lowest BCUT2D eigenvalue weighted by molar-refractivity contribution is -0.111. The number of anilines is 1. The fourth-order valence-corrected chi connectivity index (χ4v) is 2.09. The van der Waals surface area contributed by atoms with Gasteiger partial charge in [0.2, 0.25) is 5.91 Å². The quantitative estimate of drug-likeness (QED) is 0.860. The minimum atomic E-state index is -0.227. The van der Waals surface area contributed by atoms with Crippen LogP contribution in [0.4, 0.5) is 5.13 Å². The van der Waals surface area contributed by atoms with Crippen molar-refractivity contribution in [3.8, 4) is 11.5 Å². The number of thiazole rings is 1. The summed E-state index contributed by atoms with van der Waals surface area (Å²) in [6.07, 6.45) is 4.78. The SMILES string of the molecule is COc1ccc(C=CC(=O)Nc2nccs2)cc1OC. The molecule has 5 nitrogen and oxygen atoms in total. The van der Waals surface area contributed by atoms with Gasteiger partial charge >= 0.3 is 0 Å². The zero-order valence-electron chi connectivity index (χ0n) is 11.1. The Morgan fingerprint density at radius 1 is 1.30 bits per heavy atom. The monoisotopic (exact) mass is 290 g/mol. The molecule has 0 saturated carbocycles. The molecule has 20 heavy (non-hydrogen) atoms. The first kappa shape index (κ1) is 14.1. The Morgan fingerprint density at radius 3 is 2.75 bits per heavy atom. The van der Waals surface area contributed by atoms with Crippen LogP contribution in [0, 0.1) is 0 Å². The number of methoxy groups -OCH3 is 2. The van der Waals surface area contributed by atoms with Gasteiger partial charge in [0, 0.05) is 17.7 Å². The molecule has 6 heteroatoms. The van der Waals surface area contributed by atoms with E-state index in [1.807, 2.05) is 6.07 Å². The molecule has 0 aliphatic carbocycles. The summed E-state index contributed by atoms with van der Waals surface area (Å²) in [6.45, 7) is 0. The number of carbonyl (C=O) groups is 1. The zero-order valence-corrected chi connectivity index (χ0v) is 11.9. The van der Waals surface area contributed by atoms with E-state index in [0.29, 0.717) is 16.6 Å². The summed E-state index contributed by atoms with van der Waals surface area (Å²) in [5.74, 6) is 1.04. The lowest BCUT2D eigenvalue weighted by Gasteiger charge is -2.07. The number of hydrogen-bond donors (Lipinski definition) is 1. The molecular formula is C14H14N2O3S. The van der Waals surface area contributed by atoms with Crippen molar-refractivity contribution >= 4 is 28.5 Å². The summed E-state index contributed by atoms with van der Waals surface area (Å²) >= 11 is 1.37. The number of nitrogens with one attached hydrogen (secondary N) is 1. The first-order valence-electron chi connectivity index (χ1n) is 5.83. The Balaban J connectivity index is 2.05. The van der Waals surface area contributed by atoms with Gasteiger partial charge in [0.05, 0.1) is 14.2 Å². The van der Waals surface area contributed by atoms with Gasteiger partial charge in [0.1, 0.15) is 0 Å². The minimum absolute atomic E-state index is 0.227. The molecule has 0 spiro atoms. The van der Waals surface area contributed by atoms with Crippen molar-refractivity contribution in [2.45, 2.75) is 0 Å². The average molecular weight is 290 g/mol. The van der Waals surface area contributed by atoms with Crippen molar-refractivity contribution in [2.75, 3.05) is 19.5 Å². The van der Waals surface area contributed by atoms with Crippen molar-refractivity contribution in [3.63, 3.8) is 0 Å². The normalized spacial score (nSPS) is 10.5. The van der Waals surface area contributed by atoms with E-state index in [-0.39, 0.29) is 5.91 Å². The summed E-state index contributed by atoms with van der Waals surface area (Å²) in [5, 5.41) is 5.04. The molecule has 0 saturated heterocycles. The van der Waals surface area contributed by atoms with Crippen LogP contribution in [0.3, 0.4) is 0 Å². The fourth-order valence-electron chi connectivity index (χ4n) is 1.56. The van der Waals surface area contributed by atoms with E-state index < -0.39 is 0 Å². The molecule has 0 unspecified atom stereocenters. The van der Waals surface area contributed by atoms with E-state index in [4.69, 9.17) is 9.47 Å². The zero-order chi connectivity index (χ0) is 14.4. The summed E-state index contributed by atoms with van der Waals surface area (Å²) in [6, 6.07) is 5.43. The number of nitrogens with zero attached hydrogens (tertiary/aromatic N) is 1. The molecule has 2 aromatic rings. The maximum absolute atomic E-state index is 11.7. The summed E-state index contributed by atoms with van der Waals surface area (Å²) in [5.41, 5.74) is 0.844. The molecule has 0 aliphatic rings. The second kappa shape index (κ2) is 6.72. The third kappa shape index (κ3) is 3.58. The first-order valence-corrected chi connectivity index (χ1v) is 6.71. The van der Waals surface area contributed by atoms with E-state index >= 15 is 0 Å². The van der Waals surface area contributed by atoms with Gasteiger partial charge in [-0.25, -0.2) is 4.98 Å². The van der Waals surface area contributed by atoms with Crippen molar-refractivity contribution < 1.29 is 14.3 Å². The largest absolute Gasteiger partial charge is 0.493 e. The van der Waals surface area contributed by atoms with E-state index in [0.717, 1.165) is 5.56 Å². The Bertz CT molecular complexity index is 609. The maximum Gasteiger partial charge on any atom is 0.250 e. The van der Waals surface area contributed by atoms with E-state index in [2.05, 4.69) is 10.3 Å². The van der Waals surface area contributed by atoms with Crippen LogP contribution in [-0.2, 0) is 4.79 Å². The Kier molecular flexibility index (Phi) is 4.73. The van der Waals surface area contributed by atoms with Crippen molar-refractivity contribution in [1.82, 2.24) is 4.98 Å². The number of amides is 1. The molecular weight excluding hydrogens is 276 g/mol. The standard InChI is InChI=1S/C14H14N2O3S/c1-18-11-5-3-10(9-12(11)19-2)4-6-13(17)16-14-15-7-8-20-14/h3-9H,1-2H3,(H,15,16,17). The molecule has 0 aliphatic heterocycles. The van der Waals surface area contributed by atoms with Crippen LogP contribution < -0.4 is 14.8 Å². The maximum atomic E-state index is 11.7. The van der Waals surface area contributed by atoms with E-state index in [1.165, 1.54) is 17.4 Å². The highest BCUT2D eigenvalue weighted by molar-refractivity contribution is 7.13. The molecule has 1 aromatic carbocycles. The fraction of sp³-hybridized carbons (Fsp3) is 0.143. The highest BCUT2D eigenvalue weighted by Gasteiger charge is 2.03. The lowest BCUT2D eigenvalue weighted by atomic mass is 10.2. The number of carbonyl (C=O) groups excluding carboxylic acids is 1. The highest BCUT2D eigenvalue weighted by atomic mass is 32.1. The Hall–Kier alpha value is -2.34. The van der Waals surface area contributed by atoms with Gasteiger partial charge in [0.25, 0.3) is 0 Å². The van der Waals surface area contributed by atoms with Gasteiger partial charge in [-0.3, -0.25) is 10.1 Å². The van der Waals surface area contributed by atoms with Crippen LogP contribution in [-0.4, -0.2) is 25.1 Å². The Morgan fingerprint density at radius 2 is 2.10 bits per heavy atom. The third-order valence-corrected chi connectivity index (χ3v) is 3.19. The number of rotatable bonds is 5. The van der Waals surface area contributed by atoms with Gasteiger partial charge in [-0.05, 0) is 23.8 Å². The Labute approximate surface area is 120 Å². The van der Waals surface area contributed by atoms with Crippen LogP contribution >= 0.6 is 11.3 Å². The van der Waals surface area contributed by atoms with E-state index in [9.17, 15) is 4.79 Å². The smallest absolute Gasteiger partial charge is 0.250 e. The molecule has 1 amide bonds. The molecule has 1 N–H and O–H groups in total. The molecule has 1 heterocycles. The predicted octanol–water partition coefficient (Wildman–Crippen LogP) is 2.81. The molecule has 2 rings (SSSR count). The number of ether oxygens (including phenoxy) is 2. The minimum Gasteiger partial charge on any atom is -0.493 e. The summed E-state index contributed by atoms with van der Waals surface area (Å²) in [4.78, 5) is 15.7. The van der Waals surface area contributed by atoms with Crippen LogP contribution in [0.5, 0.6) is 11.5 Å². The van der Waals surface area contributed by atoms with Crippen molar-refractivity contribution in [1.29, 1.82) is 0 Å². The average Bonchev–Trinajstić information content (AvgIpc) is 2.97. The van der Waals surface area contributed by atoms with Crippen LogP contribution in [0.2, 0.25) is 0 Å². The molecule has 0 atom stereocenters. The van der Waals surface area contributed by atoms with Crippen LogP contribution in [0.1, 0.15) is 5.56 Å². The first-order chi connectivity index (χ1) is 9.72. The third-order valence-electron chi connectivity index (χ3n) is 2.50. The summed E-state index contributed by atoms with van der Waals surface area (Å²) < 4.78 is 10.4. The second-order valence-corrected chi connectivity index (χ2v) is 4.67. The summed E-state index contributed by atoms with van der Waals surface area (Å²) in [7, 11) is 3.15. The predicted molar refractivity (Wildman–Crippen MR) is 79.3 cm³/mol.